The van der Waals surface area contributed by atoms with E-state index in [1.165, 1.54) is 23.3 Å². The van der Waals surface area contributed by atoms with Gasteiger partial charge < -0.3 is 5.32 Å². The molecule has 1 aliphatic heterocycles. The molecule has 3 heteroatoms. The molecular formula is C16H15ClFN. The van der Waals surface area contributed by atoms with Crippen LogP contribution in [0.15, 0.2) is 48.5 Å². The van der Waals surface area contributed by atoms with Crippen LogP contribution in [0.2, 0.25) is 5.02 Å². The van der Waals surface area contributed by atoms with Gasteiger partial charge in [-0.05, 0) is 35.4 Å². The highest BCUT2D eigenvalue weighted by atomic mass is 35.5. The molecule has 1 N–H and O–H groups in total. The van der Waals surface area contributed by atoms with E-state index < -0.39 is 0 Å². The maximum Gasteiger partial charge on any atom is 0.123 e. The van der Waals surface area contributed by atoms with E-state index in [0.717, 1.165) is 18.1 Å². The second-order valence-corrected chi connectivity index (χ2v) is 5.41. The molecule has 19 heavy (non-hydrogen) atoms. The highest BCUT2D eigenvalue weighted by Crippen LogP contribution is 2.36. The summed E-state index contributed by atoms with van der Waals surface area (Å²) >= 11 is 5.93. The van der Waals surface area contributed by atoms with Gasteiger partial charge in [-0.3, -0.25) is 0 Å². The van der Waals surface area contributed by atoms with E-state index in [2.05, 4.69) is 17.4 Å². The lowest BCUT2D eigenvalue weighted by Crippen LogP contribution is -2.09. The molecular weight excluding hydrogens is 261 g/mol. The quantitative estimate of drug-likeness (QED) is 0.875. The molecule has 0 aliphatic carbocycles. The van der Waals surface area contributed by atoms with E-state index in [1.54, 1.807) is 0 Å². The first kappa shape index (κ1) is 12.6. The van der Waals surface area contributed by atoms with Crippen LogP contribution in [0.25, 0.3) is 0 Å². The van der Waals surface area contributed by atoms with Crippen molar-refractivity contribution in [1.29, 1.82) is 0 Å². The van der Waals surface area contributed by atoms with Crippen LogP contribution >= 0.6 is 11.6 Å². The van der Waals surface area contributed by atoms with Crippen molar-refractivity contribution in [3.05, 3.63) is 70.5 Å². The standard InChI is InChI=1S/C16H15ClFN/c17-13-5-1-11(2-6-13)15-9-19-10-16(15)12-3-7-14(18)8-4-12/h1-8,15-16,19H,9-10H2. The summed E-state index contributed by atoms with van der Waals surface area (Å²) < 4.78 is 13.0. The lowest BCUT2D eigenvalue weighted by Gasteiger charge is -2.19. The molecule has 0 aromatic heterocycles. The molecule has 2 unspecified atom stereocenters. The van der Waals surface area contributed by atoms with Crippen molar-refractivity contribution in [2.24, 2.45) is 0 Å². The Kier molecular flexibility index (Phi) is 3.54. The van der Waals surface area contributed by atoms with Crippen LogP contribution in [-0.2, 0) is 0 Å². The number of hydrogen-bond donors (Lipinski definition) is 1. The largest absolute Gasteiger partial charge is 0.315 e. The number of halogens is 2. The number of benzene rings is 2. The third kappa shape index (κ3) is 2.65. The normalized spacial score (nSPS) is 22.6. The Balaban J connectivity index is 1.89. The van der Waals surface area contributed by atoms with E-state index in [4.69, 9.17) is 11.6 Å². The molecule has 3 rings (SSSR count). The van der Waals surface area contributed by atoms with Crippen molar-refractivity contribution in [1.82, 2.24) is 5.32 Å². The Morgan fingerprint density at radius 2 is 1.32 bits per heavy atom. The minimum absolute atomic E-state index is 0.183. The van der Waals surface area contributed by atoms with Gasteiger partial charge in [-0.1, -0.05) is 35.9 Å². The van der Waals surface area contributed by atoms with Crippen molar-refractivity contribution in [2.45, 2.75) is 11.8 Å². The predicted molar refractivity (Wildman–Crippen MR) is 76.2 cm³/mol. The van der Waals surface area contributed by atoms with Crippen LogP contribution in [-0.4, -0.2) is 13.1 Å². The molecule has 1 heterocycles. The minimum atomic E-state index is -0.183. The van der Waals surface area contributed by atoms with Crippen molar-refractivity contribution >= 4 is 11.6 Å². The molecule has 1 fully saturated rings. The van der Waals surface area contributed by atoms with Crippen LogP contribution in [0, 0.1) is 5.82 Å². The Labute approximate surface area is 117 Å². The Morgan fingerprint density at radius 3 is 1.84 bits per heavy atom. The molecule has 1 aliphatic rings. The maximum atomic E-state index is 13.0. The first-order valence-electron chi connectivity index (χ1n) is 6.45. The fourth-order valence-electron chi connectivity index (χ4n) is 2.80. The summed E-state index contributed by atoms with van der Waals surface area (Å²) in [6.07, 6.45) is 0. The van der Waals surface area contributed by atoms with Crippen LogP contribution in [0.3, 0.4) is 0 Å². The summed E-state index contributed by atoms with van der Waals surface area (Å²) in [6.45, 7) is 1.88. The predicted octanol–water partition coefficient (Wildman–Crippen LogP) is 3.95. The summed E-state index contributed by atoms with van der Waals surface area (Å²) in [5.74, 6) is 0.627. The maximum absolute atomic E-state index is 13.0. The molecule has 98 valence electrons. The van der Waals surface area contributed by atoms with E-state index in [0.29, 0.717) is 11.8 Å². The summed E-state index contributed by atoms with van der Waals surface area (Å²) in [5, 5.41) is 4.18. The summed E-state index contributed by atoms with van der Waals surface area (Å²) in [5.41, 5.74) is 2.47. The lowest BCUT2D eigenvalue weighted by atomic mass is 9.84. The fraction of sp³-hybridized carbons (Fsp3) is 0.250. The van der Waals surface area contributed by atoms with E-state index in [1.807, 2.05) is 24.3 Å². The zero-order valence-corrected chi connectivity index (χ0v) is 11.2. The molecule has 0 radical (unpaired) electrons. The molecule has 0 saturated carbocycles. The minimum Gasteiger partial charge on any atom is -0.315 e. The van der Waals surface area contributed by atoms with Gasteiger partial charge in [0, 0.05) is 29.9 Å². The first-order valence-corrected chi connectivity index (χ1v) is 6.83. The van der Waals surface area contributed by atoms with Crippen LogP contribution in [0.5, 0.6) is 0 Å². The van der Waals surface area contributed by atoms with Gasteiger partial charge in [-0.25, -0.2) is 4.39 Å². The summed E-state index contributed by atoms with van der Waals surface area (Å²) in [4.78, 5) is 0. The Morgan fingerprint density at radius 1 is 0.842 bits per heavy atom. The molecule has 2 aromatic carbocycles. The van der Waals surface area contributed by atoms with Gasteiger partial charge in [0.2, 0.25) is 0 Å². The monoisotopic (exact) mass is 275 g/mol. The fourth-order valence-corrected chi connectivity index (χ4v) is 2.93. The molecule has 0 amide bonds. The van der Waals surface area contributed by atoms with Gasteiger partial charge in [0.15, 0.2) is 0 Å². The summed E-state index contributed by atoms with van der Waals surface area (Å²) in [6, 6.07) is 14.9. The third-order valence-electron chi connectivity index (χ3n) is 3.81. The highest BCUT2D eigenvalue weighted by molar-refractivity contribution is 6.30. The molecule has 2 atom stereocenters. The lowest BCUT2D eigenvalue weighted by molar-refractivity contribution is 0.621. The van der Waals surface area contributed by atoms with Gasteiger partial charge in [-0.2, -0.15) is 0 Å². The highest BCUT2D eigenvalue weighted by Gasteiger charge is 2.29. The van der Waals surface area contributed by atoms with Crippen molar-refractivity contribution in [3.63, 3.8) is 0 Å². The van der Waals surface area contributed by atoms with Crippen molar-refractivity contribution in [2.75, 3.05) is 13.1 Å². The van der Waals surface area contributed by atoms with Gasteiger partial charge >= 0.3 is 0 Å². The third-order valence-corrected chi connectivity index (χ3v) is 4.06. The molecule has 2 aromatic rings. The zero-order chi connectivity index (χ0) is 13.2. The zero-order valence-electron chi connectivity index (χ0n) is 10.4. The number of hydrogen-bond acceptors (Lipinski definition) is 1. The van der Waals surface area contributed by atoms with Crippen LogP contribution < -0.4 is 5.32 Å². The van der Waals surface area contributed by atoms with Crippen molar-refractivity contribution in [3.8, 4) is 0 Å². The molecule has 0 bridgehead atoms. The Hall–Kier alpha value is -1.38. The average molecular weight is 276 g/mol. The van der Waals surface area contributed by atoms with Gasteiger partial charge in [-0.15, -0.1) is 0 Å². The Bertz CT molecular complexity index is 498. The first-order chi connectivity index (χ1) is 9.24. The van der Waals surface area contributed by atoms with Crippen LogP contribution in [0.4, 0.5) is 4.39 Å². The average Bonchev–Trinajstić information content (AvgIpc) is 2.90. The van der Waals surface area contributed by atoms with Gasteiger partial charge in [0.25, 0.3) is 0 Å². The van der Waals surface area contributed by atoms with Gasteiger partial charge in [0.05, 0.1) is 0 Å². The topological polar surface area (TPSA) is 12.0 Å². The molecule has 1 nitrogen and oxygen atoms in total. The summed E-state index contributed by atoms with van der Waals surface area (Å²) in [7, 11) is 0. The van der Waals surface area contributed by atoms with E-state index in [-0.39, 0.29) is 5.82 Å². The van der Waals surface area contributed by atoms with Crippen molar-refractivity contribution < 1.29 is 4.39 Å². The smallest absolute Gasteiger partial charge is 0.123 e. The van der Waals surface area contributed by atoms with Gasteiger partial charge in [0.1, 0.15) is 5.82 Å². The number of rotatable bonds is 2. The number of nitrogens with one attached hydrogen (secondary N) is 1. The van der Waals surface area contributed by atoms with E-state index in [9.17, 15) is 4.39 Å². The van der Waals surface area contributed by atoms with Crippen LogP contribution in [0.1, 0.15) is 23.0 Å². The SMILES string of the molecule is Fc1ccc(C2CNCC2c2ccc(Cl)cc2)cc1. The second-order valence-electron chi connectivity index (χ2n) is 4.97. The molecule has 1 saturated heterocycles. The second kappa shape index (κ2) is 5.32. The molecule has 0 spiro atoms. The van der Waals surface area contributed by atoms with E-state index >= 15 is 0 Å².